The van der Waals surface area contributed by atoms with E-state index in [0.717, 1.165) is 11.1 Å². The highest BCUT2D eigenvalue weighted by Gasteiger charge is 2.14. The molecule has 0 aliphatic rings. The van der Waals surface area contributed by atoms with Crippen molar-refractivity contribution in [1.29, 1.82) is 0 Å². The molecule has 0 aliphatic carbocycles. The third-order valence-corrected chi connectivity index (χ3v) is 3.55. The number of hydrogen-bond donors (Lipinski definition) is 0. The van der Waals surface area contributed by atoms with E-state index in [1.807, 2.05) is 48.5 Å². The van der Waals surface area contributed by atoms with Crippen molar-refractivity contribution >= 4 is 17.4 Å². The first-order valence-corrected chi connectivity index (χ1v) is 7.36. The molecule has 1 nitrogen and oxygen atoms in total. The second-order valence-electron chi connectivity index (χ2n) is 5.17. The molecule has 0 aliphatic heterocycles. The van der Waals surface area contributed by atoms with Crippen LogP contribution in [0.15, 0.2) is 84.9 Å². The molecule has 0 heterocycles. The number of carbonyl (C=O) groups is 1. The molecule has 0 saturated carbocycles. The lowest BCUT2D eigenvalue weighted by molar-refractivity contribution is 0.105. The summed E-state index contributed by atoms with van der Waals surface area (Å²) >= 11 is 0. The van der Waals surface area contributed by atoms with Gasteiger partial charge in [0.05, 0.1) is 0 Å². The van der Waals surface area contributed by atoms with Crippen LogP contribution in [0.2, 0.25) is 0 Å². The lowest BCUT2D eigenvalue weighted by Crippen LogP contribution is -2.02. The monoisotopic (exact) mass is 302 g/mol. The number of hydrogen-bond acceptors (Lipinski definition) is 1. The van der Waals surface area contributed by atoms with Gasteiger partial charge in [-0.2, -0.15) is 0 Å². The highest BCUT2D eigenvalue weighted by Crippen LogP contribution is 2.23. The lowest BCUT2D eigenvalue weighted by atomic mass is 9.95. The third kappa shape index (κ3) is 3.61. The van der Waals surface area contributed by atoms with Gasteiger partial charge in [0.1, 0.15) is 5.82 Å². The van der Waals surface area contributed by atoms with Gasteiger partial charge < -0.3 is 0 Å². The van der Waals surface area contributed by atoms with E-state index in [4.69, 9.17) is 0 Å². The van der Waals surface area contributed by atoms with Gasteiger partial charge in [0, 0.05) is 11.1 Å². The zero-order valence-electron chi connectivity index (χ0n) is 12.4. The van der Waals surface area contributed by atoms with Gasteiger partial charge in [-0.05, 0) is 29.3 Å². The molecule has 23 heavy (non-hydrogen) atoms. The maximum atomic E-state index is 13.1. The highest BCUT2D eigenvalue weighted by atomic mass is 19.1. The quantitative estimate of drug-likeness (QED) is 0.365. The standard InChI is InChI=1S/C21H15FO/c22-19-13-11-16(12-14-19)15-20(17-7-3-1-4-8-17)21(23)18-9-5-2-6-10-18/h1-15H/b20-15-. The number of halogens is 1. The highest BCUT2D eigenvalue weighted by molar-refractivity contribution is 6.32. The predicted molar refractivity (Wildman–Crippen MR) is 91.5 cm³/mol. The summed E-state index contributed by atoms with van der Waals surface area (Å²) in [7, 11) is 0. The zero-order chi connectivity index (χ0) is 16.1. The Morgan fingerprint density at radius 3 is 1.78 bits per heavy atom. The van der Waals surface area contributed by atoms with Crippen LogP contribution in [0.3, 0.4) is 0 Å². The largest absolute Gasteiger partial charge is 0.289 e. The fourth-order valence-electron chi connectivity index (χ4n) is 2.37. The summed E-state index contributed by atoms with van der Waals surface area (Å²) in [5.41, 5.74) is 2.84. The second kappa shape index (κ2) is 6.84. The zero-order valence-corrected chi connectivity index (χ0v) is 12.4. The van der Waals surface area contributed by atoms with Gasteiger partial charge in [0.25, 0.3) is 0 Å². The van der Waals surface area contributed by atoms with E-state index in [1.165, 1.54) is 12.1 Å². The molecule has 3 aromatic rings. The number of allylic oxidation sites excluding steroid dienone is 1. The Morgan fingerprint density at radius 2 is 1.22 bits per heavy atom. The van der Waals surface area contributed by atoms with Gasteiger partial charge in [0.2, 0.25) is 0 Å². The van der Waals surface area contributed by atoms with E-state index >= 15 is 0 Å². The summed E-state index contributed by atoms with van der Waals surface area (Å²) in [6.07, 6.45) is 1.80. The van der Waals surface area contributed by atoms with Gasteiger partial charge in [-0.1, -0.05) is 72.8 Å². The van der Waals surface area contributed by atoms with Gasteiger partial charge in [0.15, 0.2) is 5.78 Å². The Balaban J connectivity index is 2.07. The van der Waals surface area contributed by atoms with Crippen LogP contribution in [-0.2, 0) is 0 Å². The average molecular weight is 302 g/mol. The topological polar surface area (TPSA) is 17.1 Å². The molecule has 0 atom stereocenters. The van der Waals surface area contributed by atoms with Crippen LogP contribution in [0.4, 0.5) is 4.39 Å². The van der Waals surface area contributed by atoms with Crippen LogP contribution in [0, 0.1) is 5.82 Å². The minimum absolute atomic E-state index is 0.0545. The van der Waals surface area contributed by atoms with Crippen LogP contribution in [-0.4, -0.2) is 5.78 Å². The fourth-order valence-corrected chi connectivity index (χ4v) is 2.37. The Bertz CT molecular complexity index is 819. The molecule has 0 amide bonds. The molecule has 2 heteroatoms. The van der Waals surface area contributed by atoms with Crippen LogP contribution in [0.1, 0.15) is 21.5 Å². The van der Waals surface area contributed by atoms with E-state index in [9.17, 15) is 9.18 Å². The Morgan fingerprint density at radius 1 is 0.696 bits per heavy atom. The van der Waals surface area contributed by atoms with Crippen molar-refractivity contribution in [3.05, 3.63) is 107 Å². The number of Topliss-reactive ketones (excluding diaryl/α,β-unsaturated/α-hetero) is 1. The summed E-state index contributed by atoms with van der Waals surface area (Å²) in [6.45, 7) is 0. The number of ketones is 1. The minimum Gasteiger partial charge on any atom is -0.289 e. The van der Waals surface area contributed by atoms with Crippen LogP contribution in [0.25, 0.3) is 11.6 Å². The van der Waals surface area contributed by atoms with Crippen molar-refractivity contribution in [2.24, 2.45) is 0 Å². The van der Waals surface area contributed by atoms with E-state index < -0.39 is 0 Å². The molecular weight excluding hydrogens is 287 g/mol. The van der Waals surface area contributed by atoms with Crippen molar-refractivity contribution in [2.45, 2.75) is 0 Å². The first-order chi connectivity index (χ1) is 11.2. The first kappa shape index (κ1) is 14.9. The summed E-state index contributed by atoms with van der Waals surface area (Å²) < 4.78 is 13.1. The van der Waals surface area contributed by atoms with Gasteiger partial charge in [-0.25, -0.2) is 4.39 Å². The molecule has 0 aromatic heterocycles. The number of carbonyl (C=O) groups excluding carboxylic acids is 1. The molecule has 3 rings (SSSR count). The molecule has 3 aromatic carbocycles. The molecule has 0 N–H and O–H groups in total. The van der Waals surface area contributed by atoms with Gasteiger partial charge >= 0.3 is 0 Å². The Kier molecular flexibility index (Phi) is 4.44. The normalized spacial score (nSPS) is 11.3. The van der Waals surface area contributed by atoms with Gasteiger partial charge in [-0.15, -0.1) is 0 Å². The smallest absolute Gasteiger partial charge is 0.193 e. The SMILES string of the molecule is O=C(/C(=C\c1ccc(F)cc1)c1ccccc1)c1ccccc1. The number of rotatable bonds is 4. The Hall–Kier alpha value is -3.00. The van der Waals surface area contributed by atoms with Crippen molar-refractivity contribution in [3.63, 3.8) is 0 Å². The first-order valence-electron chi connectivity index (χ1n) is 7.36. The molecule has 0 bridgehead atoms. The van der Waals surface area contributed by atoms with Gasteiger partial charge in [-0.3, -0.25) is 4.79 Å². The summed E-state index contributed by atoms with van der Waals surface area (Å²) in [5.74, 6) is -0.348. The molecule has 0 radical (unpaired) electrons. The average Bonchev–Trinajstić information content (AvgIpc) is 2.62. The third-order valence-electron chi connectivity index (χ3n) is 3.55. The minimum atomic E-state index is -0.294. The van der Waals surface area contributed by atoms with Crippen molar-refractivity contribution in [2.75, 3.05) is 0 Å². The summed E-state index contributed by atoms with van der Waals surface area (Å²) in [5, 5.41) is 0. The van der Waals surface area contributed by atoms with Crippen molar-refractivity contribution in [1.82, 2.24) is 0 Å². The molecule has 0 unspecified atom stereocenters. The molecule has 0 saturated heterocycles. The molecule has 112 valence electrons. The maximum absolute atomic E-state index is 13.1. The Labute approximate surface area is 134 Å². The second-order valence-corrected chi connectivity index (χ2v) is 5.17. The number of benzene rings is 3. The van der Waals surface area contributed by atoms with Crippen molar-refractivity contribution in [3.8, 4) is 0 Å². The molecular formula is C21H15FO. The molecule has 0 fully saturated rings. The predicted octanol–water partition coefficient (Wildman–Crippen LogP) is 5.25. The lowest BCUT2D eigenvalue weighted by Gasteiger charge is -2.08. The molecule has 0 spiro atoms. The van der Waals surface area contributed by atoms with Crippen LogP contribution in [0.5, 0.6) is 0 Å². The van der Waals surface area contributed by atoms with E-state index in [2.05, 4.69) is 0 Å². The summed E-state index contributed by atoms with van der Waals surface area (Å²) in [6, 6.07) is 24.8. The van der Waals surface area contributed by atoms with Crippen LogP contribution < -0.4 is 0 Å². The fraction of sp³-hybridized carbons (Fsp3) is 0. The van der Waals surface area contributed by atoms with Crippen LogP contribution >= 0.6 is 0 Å². The van der Waals surface area contributed by atoms with E-state index in [1.54, 1.807) is 30.3 Å². The van der Waals surface area contributed by atoms with E-state index in [-0.39, 0.29) is 11.6 Å². The summed E-state index contributed by atoms with van der Waals surface area (Å²) in [4.78, 5) is 12.9. The van der Waals surface area contributed by atoms with Crippen molar-refractivity contribution < 1.29 is 9.18 Å². The van der Waals surface area contributed by atoms with E-state index in [0.29, 0.717) is 11.1 Å². The maximum Gasteiger partial charge on any atom is 0.193 e.